The van der Waals surface area contributed by atoms with E-state index < -0.39 is 0 Å². The van der Waals surface area contributed by atoms with E-state index in [-0.39, 0.29) is 0 Å². The molecule has 16 heavy (non-hydrogen) atoms. The van der Waals surface area contributed by atoms with E-state index >= 15 is 0 Å². The summed E-state index contributed by atoms with van der Waals surface area (Å²) >= 11 is 18.9. The molecule has 0 unspecified atom stereocenters. The van der Waals surface area contributed by atoms with Gasteiger partial charge in [0, 0.05) is 20.5 Å². The summed E-state index contributed by atoms with van der Waals surface area (Å²) in [5.74, 6) is 0.913. The first-order valence-corrected chi connectivity index (χ1v) is 7.82. The van der Waals surface area contributed by atoms with E-state index in [2.05, 4.69) is 28.1 Å². The van der Waals surface area contributed by atoms with Gasteiger partial charge in [-0.2, -0.15) is 0 Å². The van der Waals surface area contributed by atoms with Crippen LogP contribution in [0.4, 0.5) is 0 Å². The van der Waals surface area contributed by atoms with Gasteiger partial charge in [-0.15, -0.1) is 23.1 Å². The maximum Gasteiger partial charge on any atom is 0.0701 e. The first-order valence-electron chi connectivity index (χ1n) is 4.47. The average molecular weight is 354 g/mol. The van der Waals surface area contributed by atoms with E-state index in [0.717, 1.165) is 24.5 Å². The highest BCUT2D eigenvalue weighted by atomic mass is 79.9. The lowest BCUT2D eigenvalue weighted by Gasteiger charge is -2.03. The van der Waals surface area contributed by atoms with Crippen LogP contribution in [0, 0.1) is 0 Å². The van der Waals surface area contributed by atoms with E-state index in [9.17, 15) is 0 Å². The van der Waals surface area contributed by atoms with Crippen molar-refractivity contribution < 1.29 is 0 Å². The predicted octanol–water partition coefficient (Wildman–Crippen LogP) is 6.11. The normalized spacial score (nSPS) is 10.7. The average Bonchev–Trinajstić information content (AvgIpc) is 2.66. The number of benzene rings is 1. The van der Waals surface area contributed by atoms with Crippen molar-refractivity contribution in [2.75, 3.05) is 0 Å². The van der Waals surface area contributed by atoms with Crippen LogP contribution in [0.3, 0.4) is 0 Å². The molecule has 0 radical (unpaired) electrons. The molecular weight excluding hydrogens is 347 g/mol. The summed E-state index contributed by atoms with van der Waals surface area (Å²) < 4.78 is 1.15. The summed E-state index contributed by atoms with van der Waals surface area (Å²) in [6, 6.07) is 9.70. The van der Waals surface area contributed by atoms with E-state index in [1.807, 2.05) is 12.1 Å². The Morgan fingerprint density at radius 2 is 2.00 bits per heavy atom. The van der Waals surface area contributed by atoms with E-state index in [0.29, 0.717) is 0 Å². The highest BCUT2D eigenvalue weighted by molar-refractivity contribution is 9.11. The summed E-state index contributed by atoms with van der Waals surface area (Å²) in [6.45, 7) is 0. The molecular formula is C11H7BrCl2S2. The van der Waals surface area contributed by atoms with Crippen LogP contribution in [0.15, 0.2) is 39.0 Å². The van der Waals surface area contributed by atoms with Crippen LogP contribution >= 0.6 is 62.2 Å². The number of thiophene rings is 1. The van der Waals surface area contributed by atoms with Crippen molar-refractivity contribution in [1.82, 2.24) is 0 Å². The molecule has 0 N–H and O–H groups in total. The minimum Gasteiger partial charge on any atom is -0.132 e. The van der Waals surface area contributed by atoms with Gasteiger partial charge in [-0.1, -0.05) is 23.2 Å². The molecule has 2 rings (SSSR count). The zero-order chi connectivity index (χ0) is 11.5. The van der Waals surface area contributed by atoms with Gasteiger partial charge >= 0.3 is 0 Å². The predicted molar refractivity (Wildman–Crippen MR) is 78.0 cm³/mol. The summed E-state index contributed by atoms with van der Waals surface area (Å²) in [4.78, 5) is 2.34. The van der Waals surface area contributed by atoms with Gasteiger partial charge < -0.3 is 0 Å². The SMILES string of the molecule is Clc1ccc(Cl)c(SCc2ccc(Br)s2)c1. The minimum atomic E-state index is 0.722. The van der Waals surface area contributed by atoms with Crippen molar-refractivity contribution in [2.45, 2.75) is 10.6 Å². The zero-order valence-corrected chi connectivity index (χ0v) is 12.8. The maximum atomic E-state index is 6.08. The second kappa shape index (κ2) is 5.78. The molecule has 1 heterocycles. The summed E-state index contributed by atoms with van der Waals surface area (Å²) in [5.41, 5.74) is 0. The molecule has 0 aliphatic heterocycles. The van der Waals surface area contributed by atoms with E-state index in [4.69, 9.17) is 23.2 Å². The van der Waals surface area contributed by atoms with Crippen molar-refractivity contribution in [2.24, 2.45) is 0 Å². The van der Waals surface area contributed by atoms with Gasteiger partial charge in [0.25, 0.3) is 0 Å². The second-order valence-electron chi connectivity index (χ2n) is 3.07. The fourth-order valence-electron chi connectivity index (χ4n) is 1.17. The summed E-state index contributed by atoms with van der Waals surface area (Å²) in [7, 11) is 0. The lowest BCUT2D eigenvalue weighted by molar-refractivity contribution is 1.43. The van der Waals surface area contributed by atoms with Gasteiger partial charge in [-0.25, -0.2) is 0 Å². The van der Waals surface area contributed by atoms with Crippen LogP contribution in [0.25, 0.3) is 0 Å². The molecule has 1 aromatic heterocycles. The Hall–Kier alpha value is 0.330. The van der Waals surface area contributed by atoms with Crippen LogP contribution in [-0.4, -0.2) is 0 Å². The van der Waals surface area contributed by atoms with Crippen molar-refractivity contribution in [3.63, 3.8) is 0 Å². The van der Waals surface area contributed by atoms with Crippen LogP contribution in [0.2, 0.25) is 10.0 Å². The van der Waals surface area contributed by atoms with Crippen LogP contribution in [0.1, 0.15) is 4.88 Å². The molecule has 0 spiro atoms. The van der Waals surface area contributed by atoms with Gasteiger partial charge in [0.2, 0.25) is 0 Å². The first kappa shape index (κ1) is 12.8. The molecule has 0 nitrogen and oxygen atoms in total. The highest BCUT2D eigenvalue weighted by Crippen LogP contribution is 2.34. The van der Waals surface area contributed by atoms with Crippen LogP contribution in [-0.2, 0) is 5.75 Å². The molecule has 0 saturated heterocycles. The molecule has 84 valence electrons. The van der Waals surface area contributed by atoms with Crippen molar-refractivity contribution in [3.05, 3.63) is 49.0 Å². The third-order valence-electron chi connectivity index (χ3n) is 1.89. The highest BCUT2D eigenvalue weighted by Gasteiger charge is 2.04. The molecule has 1 aromatic carbocycles. The Morgan fingerprint density at radius 3 is 2.69 bits per heavy atom. The molecule has 0 fully saturated rings. The topological polar surface area (TPSA) is 0 Å². The van der Waals surface area contributed by atoms with Crippen molar-refractivity contribution >= 4 is 62.2 Å². The maximum absolute atomic E-state index is 6.08. The van der Waals surface area contributed by atoms with E-state index in [1.54, 1.807) is 29.2 Å². The Morgan fingerprint density at radius 1 is 1.19 bits per heavy atom. The Kier molecular flexibility index (Phi) is 4.62. The largest absolute Gasteiger partial charge is 0.132 e. The van der Waals surface area contributed by atoms with Gasteiger partial charge in [-0.3, -0.25) is 0 Å². The molecule has 2 aromatic rings. The molecule has 0 amide bonds. The quantitative estimate of drug-likeness (QED) is 0.600. The third kappa shape index (κ3) is 3.41. The van der Waals surface area contributed by atoms with Gasteiger partial charge in [0.15, 0.2) is 0 Å². The molecule has 0 atom stereocenters. The number of hydrogen-bond acceptors (Lipinski definition) is 2. The summed E-state index contributed by atoms with van der Waals surface area (Å²) in [5, 5.41) is 1.48. The smallest absolute Gasteiger partial charge is 0.0701 e. The lowest BCUT2D eigenvalue weighted by Crippen LogP contribution is -1.77. The van der Waals surface area contributed by atoms with Crippen LogP contribution < -0.4 is 0 Å². The molecule has 0 bridgehead atoms. The lowest BCUT2D eigenvalue weighted by atomic mass is 10.4. The summed E-state index contributed by atoms with van der Waals surface area (Å²) in [6.07, 6.45) is 0. The Bertz CT molecular complexity index is 496. The first-order chi connectivity index (χ1) is 7.65. The molecule has 0 aliphatic carbocycles. The Labute approximate surface area is 121 Å². The standard InChI is InChI=1S/C11H7BrCl2S2/c12-11-4-2-8(16-11)6-15-10-5-7(13)1-3-9(10)14/h1-5H,6H2. The van der Waals surface area contributed by atoms with Gasteiger partial charge in [0.05, 0.1) is 8.81 Å². The molecule has 0 saturated carbocycles. The van der Waals surface area contributed by atoms with Gasteiger partial charge in [0.1, 0.15) is 0 Å². The Balaban J connectivity index is 2.07. The molecule has 5 heteroatoms. The minimum absolute atomic E-state index is 0.722. The van der Waals surface area contributed by atoms with Crippen molar-refractivity contribution in [3.8, 4) is 0 Å². The number of halogens is 3. The number of hydrogen-bond donors (Lipinski definition) is 0. The fourth-order valence-corrected chi connectivity index (χ4v) is 4.19. The fraction of sp³-hybridized carbons (Fsp3) is 0.0909. The monoisotopic (exact) mass is 352 g/mol. The second-order valence-corrected chi connectivity index (χ2v) is 7.48. The zero-order valence-electron chi connectivity index (χ0n) is 8.04. The van der Waals surface area contributed by atoms with Crippen molar-refractivity contribution in [1.29, 1.82) is 0 Å². The van der Waals surface area contributed by atoms with E-state index in [1.165, 1.54) is 4.88 Å². The third-order valence-corrected chi connectivity index (χ3v) is 5.48. The van der Waals surface area contributed by atoms with Gasteiger partial charge in [-0.05, 0) is 46.3 Å². The van der Waals surface area contributed by atoms with Crippen LogP contribution in [0.5, 0.6) is 0 Å². The number of thioether (sulfide) groups is 1. The molecule has 0 aliphatic rings. The number of rotatable bonds is 3.